The van der Waals surface area contributed by atoms with Gasteiger partial charge >= 0.3 is 0 Å². The Hall–Kier alpha value is -3.79. The van der Waals surface area contributed by atoms with Gasteiger partial charge in [-0.2, -0.15) is 0 Å². The molecule has 8 nitrogen and oxygen atoms in total. The van der Waals surface area contributed by atoms with Gasteiger partial charge in [0, 0.05) is 46.8 Å². The third kappa shape index (κ3) is 4.94. The Kier molecular flexibility index (Phi) is 7.07. The van der Waals surface area contributed by atoms with Crippen molar-refractivity contribution in [3.63, 3.8) is 0 Å². The predicted molar refractivity (Wildman–Crippen MR) is 131 cm³/mol. The van der Waals surface area contributed by atoms with Crippen LogP contribution in [0.5, 0.6) is 0 Å². The topological polar surface area (TPSA) is 121 Å². The summed E-state index contributed by atoms with van der Waals surface area (Å²) in [6.07, 6.45) is -0.0598. The van der Waals surface area contributed by atoms with Gasteiger partial charge in [0.15, 0.2) is 5.78 Å². The van der Waals surface area contributed by atoms with E-state index in [1.54, 1.807) is 24.3 Å². The number of carbonyl (C=O) groups is 3. The van der Waals surface area contributed by atoms with Crippen molar-refractivity contribution in [1.82, 2.24) is 14.8 Å². The fraction of sp³-hybridized carbons (Fsp3) is 0.280. The van der Waals surface area contributed by atoms with Crippen molar-refractivity contribution in [3.05, 3.63) is 70.1 Å². The van der Waals surface area contributed by atoms with E-state index in [1.807, 2.05) is 0 Å². The molecule has 1 aliphatic rings. The van der Waals surface area contributed by atoms with Gasteiger partial charge < -0.3 is 20.5 Å². The zero-order valence-corrected chi connectivity index (χ0v) is 20.1. The van der Waals surface area contributed by atoms with Gasteiger partial charge in [-0.3, -0.25) is 19.8 Å². The third-order valence-corrected chi connectivity index (χ3v) is 6.53. The molecule has 0 unspecified atom stereocenters. The highest BCUT2D eigenvalue weighted by atomic mass is 35.5. The molecule has 0 bridgehead atoms. The molecular formula is C25H24ClF2N5O3. The highest BCUT2D eigenvalue weighted by molar-refractivity contribution is 6.30. The molecule has 4 N–H and O–H groups in total. The van der Waals surface area contributed by atoms with E-state index in [1.165, 1.54) is 29.8 Å². The third-order valence-electron chi connectivity index (χ3n) is 6.24. The van der Waals surface area contributed by atoms with Gasteiger partial charge in [0.25, 0.3) is 0 Å². The lowest BCUT2D eigenvalue weighted by molar-refractivity contribution is -0.139. The van der Waals surface area contributed by atoms with Gasteiger partial charge in [0.2, 0.25) is 11.8 Å². The Balaban J connectivity index is 1.55. The minimum Gasteiger partial charge on any atom is -0.384 e. The minimum absolute atomic E-state index is 0.0833. The van der Waals surface area contributed by atoms with Gasteiger partial charge in [0.1, 0.15) is 30.4 Å². The van der Waals surface area contributed by atoms with E-state index >= 15 is 0 Å². The summed E-state index contributed by atoms with van der Waals surface area (Å²) in [7, 11) is 0. The molecule has 1 aliphatic heterocycles. The summed E-state index contributed by atoms with van der Waals surface area (Å²) in [5.41, 5.74) is 7.07. The molecule has 1 saturated heterocycles. The Morgan fingerprint density at radius 3 is 2.69 bits per heavy atom. The van der Waals surface area contributed by atoms with Gasteiger partial charge in [-0.1, -0.05) is 35.9 Å². The van der Waals surface area contributed by atoms with E-state index in [2.05, 4.69) is 5.32 Å². The smallest absolute Gasteiger partial charge is 0.243 e. The Bertz CT molecular complexity index is 1390. The van der Waals surface area contributed by atoms with Crippen molar-refractivity contribution in [2.45, 2.75) is 38.6 Å². The molecule has 2 heterocycles. The fourth-order valence-corrected chi connectivity index (χ4v) is 4.60. The number of nitrogens with zero attached hydrogens (tertiary/aromatic N) is 2. The van der Waals surface area contributed by atoms with E-state index in [-0.39, 0.29) is 48.3 Å². The number of amides is 2. The van der Waals surface area contributed by atoms with Crippen molar-refractivity contribution in [2.75, 3.05) is 6.54 Å². The molecule has 2 aromatic carbocycles. The number of likely N-dealkylation sites (tertiary alicyclic amines) is 1. The number of alkyl halides is 1. The van der Waals surface area contributed by atoms with E-state index in [9.17, 15) is 23.2 Å². The van der Waals surface area contributed by atoms with E-state index in [0.29, 0.717) is 22.0 Å². The number of benzene rings is 2. The quantitative estimate of drug-likeness (QED) is 0.254. The number of nitrogen functional groups attached to an aromatic ring is 1. The summed E-state index contributed by atoms with van der Waals surface area (Å²) >= 11 is 5.77. The Morgan fingerprint density at radius 2 is 2.00 bits per heavy atom. The van der Waals surface area contributed by atoms with Crippen LogP contribution in [0.15, 0.2) is 42.6 Å². The van der Waals surface area contributed by atoms with Crippen LogP contribution in [-0.4, -0.2) is 51.7 Å². The molecule has 0 saturated carbocycles. The number of rotatable bonds is 7. The molecular weight excluding hydrogens is 492 g/mol. The zero-order chi connectivity index (χ0) is 26.1. The van der Waals surface area contributed by atoms with Crippen molar-refractivity contribution in [1.29, 1.82) is 5.41 Å². The molecule has 2 atom stereocenters. The highest BCUT2D eigenvalue weighted by Crippen LogP contribution is 2.26. The Labute approximate surface area is 210 Å². The molecule has 11 heteroatoms. The van der Waals surface area contributed by atoms with Gasteiger partial charge in [-0.25, -0.2) is 8.78 Å². The maximum Gasteiger partial charge on any atom is 0.243 e. The van der Waals surface area contributed by atoms with Crippen LogP contribution in [-0.2, 0) is 22.7 Å². The molecule has 36 heavy (non-hydrogen) atoms. The molecule has 4 rings (SSSR count). The molecule has 188 valence electrons. The number of hydrogen-bond donors (Lipinski definition) is 3. The summed E-state index contributed by atoms with van der Waals surface area (Å²) in [5, 5.41) is 10.7. The van der Waals surface area contributed by atoms with Crippen LogP contribution >= 0.6 is 11.6 Å². The normalized spacial score (nSPS) is 17.4. The SMILES string of the molecule is CC(=O)c1cn(CC(=O)N2C[C@H](F)C[C@H]2C(=O)NCc2cccc(Cl)c2F)c2cc(C(=N)N)ccc12. The number of halogens is 3. The van der Waals surface area contributed by atoms with Gasteiger partial charge in [-0.05, 0) is 19.1 Å². The lowest BCUT2D eigenvalue weighted by atomic mass is 10.1. The van der Waals surface area contributed by atoms with Crippen molar-refractivity contribution < 1.29 is 23.2 Å². The van der Waals surface area contributed by atoms with Crippen molar-refractivity contribution in [2.24, 2.45) is 5.73 Å². The maximum absolute atomic E-state index is 14.3. The number of aromatic nitrogens is 1. The lowest BCUT2D eigenvalue weighted by Crippen LogP contribution is -2.46. The first-order valence-electron chi connectivity index (χ1n) is 11.2. The van der Waals surface area contributed by atoms with Crippen LogP contribution < -0.4 is 11.1 Å². The van der Waals surface area contributed by atoms with Crippen LogP contribution in [0.1, 0.15) is 34.8 Å². The second kappa shape index (κ2) is 10.1. The monoisotopic (exact) mass is 515 g/mol. The molecule has 0 radical (unpaired) electrons. The van der Waals surface area contributed by atoms with Gasteiger partial charge in [0.05, 0.1) is 11.6 Å². The number of hydrogen-bond acceptors (Lipinski definition) is 4. The standard InChI is InChI=1S/C25H24ClF2N5O3/c1-13(34)18-11-32(20-7-14(24(29)30)5-6-17(18)20)12-22(35)33-10-16(27)8-21(33)25(36)31-9-15-3-2-4-19(26)23(15)28/h2-7,11,16,21H,8-10,12H2,1H3,(H3,29,30)(H,31,36)/t16-,21+/m1/s1. The van der Waals surface area contributed by atoms with Crippen LogP contribution in [0.3, 0.4) is 0 Å². The number of Topliss-reactive ketones (excluding diaryl/α,β-unsaturated/α-hetero) is 1. The number of amidine groups is 1. The second-order valence-corrected chi connectivity index (χ2v) is 9.11. The van der Waals surface area contributed by atoms with Crippen LogP contribution in [0, 0.1) is 11.2 Å². The summed E-state index contributed by atoms with van der Waals surface area (Å²) in [6, 6.07) is 8.19. The maximum atomic E-state index is 14.3. The van der Waals surface area contributed by atoms with Gasteiger partial charge in [-0.15, -0.1) is 0 Å². The number of nitrogens with two attached hydrogens (primary N) is 1. The van der Waals surface area contributed by atoms with Crippen molar-refractivity contribution in [3.8, 4) is 0 Å². The van der Waals surface area contributed by atoms with Crippen molar-refractivity contribution >= 4 is 45.9 Å². The summed E-state index contributed by atoms with van der Waals surface area (Å²) in [6.45, 7) is 0.709. The molecule has 1 fully saturated rings. The first-order valence-corrected chi connectivity index (χ1v) is 11.6. The average molecular weight is 516 g/mol. The summed E-state index contributed by atoms with van der Waals surface area (Å²) in [4.78, 5) is 39.3. The minimum atomic E-state index is -1.40. The summed E-state index contributed by atoms with van der Waals surface area (Å²) < 4.78 is 30.0. The largest absolute Gasteiger partial charge is 0.384 e. The number of ketones is 1. The Morgan fingerprint density at radius 1 is 1.25 bits per heavy atom. The number of nitrogens with one attached hydrogen (secondary N) is 2. The second-order valence-electron chi connectivity index (χ2n) is 8.70. The fourth-order valence-electron chi connectivity index (χ4n) is 4.40. The first-order chi connectivity index (χ1) is 17.1. The average Bonchev–Trinajstić information content (AvgIpc) is 3.40. The van der Waals surface area contributed by atoms with E-state index < -0.39 is 29.8 Å². The van der Waals surface area contributed by atoms with Crippen LogP contribution in [0.25, 0.3) is 10.9 Å². The highest BCUT2D eigenvalue weighted by Gasteiger charge is 2.39. The first kappa shape index (κ1) is 25.3. The molecule has 0 aliphatic carbocycles. The molecule has 3 aromatic rings. The lowest BCUT2D eigenvalue weighted by Gasteiger charge is -2.24. The summed E-state index contributed by atoms with van der Waals surface area (Å²) in [5.74, 6) is -2.17. The molecule has 1 aromatic heterocycles. The van der Waals surface area contributed by atoms with Crippen LogP contribution in [0.4, 0.5) is 8.78 Å². The van der Waals surface area contributed by atoms with Crippen LogP contribution in [0.2, 0.25) is 5.02 Å². The number of carbonyl (C=O) groups excluding carboxylic acids is 3. The molecule has 2 amide bonds. The molecule has 0 spiro atoms. The predicted octanol–water partition coefficient (Wildman–Crippen LogP) is 3.18. The number of fused-ring (bicyclic) bond motifs is 1. The van der Waals surface area contributed by atoms with E-state index in [0.717, 1.165) is 4.90 Å². The van der Waals surface area contributed by atoms with E-state index in [4.69, 9.17) is 22.7 Å². The zero-order valence-electron chi connectivity index (χ0n) is 19.4.